The highest BCUT2D eigenvalue weighted by molar-refractivity contribution is 6.05. The third kappa shape index (κ3) is 4.18. The van der Waals surface area contributed by atoms with E-state index in [0.29, 0.717) is 0 Å². The van der Waals surface area contributed by atoms with Crippen molar-refractivity contribution in [2.45, 2.75) is 19.3 Å². The van der Waals surface area contributed by atoms with E-state index in [9.17, 15) is 0 Å². The van der Waals surface area contributed by atoms with E-state index in [1.165, 1.54) is 38.8 Å². The Kier molecular flexibility index (Phi) is 5.84. The molecule has 2 heteroatoms. The van der Waals surface area contributed by atoms with Gasteiger partial charge in [-0.05, 0) is 62.4 Å². The highest BCUT2D eigenvalue weighted by atomic mass is 14.9. The normalized spacial score (nSPS) is 13.1. The predicted molar refractivity (Wildman–Crippen MR) is 179 cm³/mol. The fourth-order valence-electron chi connectivity index (χ4n) is 6.71. The summed E-state index contributed by atoms with van der Waals surface area (Å²) in [5, 5.41) is 2.34. The van der Waals surface area contributed by atoms with E-state index in [4.69, 9.17) is 9.97 Å². The number of nitrogens with zero attached hydrogens (tertiary/aromatic N) is 2. The second-order valence-electron chi connectivity index (χ2n) is 11.8. The van der Waals surface area contributed by atoms with Gasteiger partial charge in [0, 0.05) is 22.1 Å². The molecule has 43 heavy (non-hydrogen) atoms. The zero-order valence-corrected chi connectivity index (χ0v) is 24.3. The molecule has 7 aromatic rings. The van der Waals surface area contributed by atoms with E-state index in [1.807, 2.05) is 12.1 Å². The van der Waals surface area contributed by atoms with Gasteiger partial charge in [0.05, 0.1) is 11.4 Å². The van der Waals surface area contributed by atoms with E-state index in [-0.39, 0.29) is 5.41 Å². The predicted octanol–water partition coefficient (Wildman–Crippen LogP) is 10.6. The zero-order valence-electron chi connectivity index (χ0n) is 24.3. The Hall–Kier alpha value is -5.34. The second kappa shape index (κ2) is 9.89. The molecule has 0 aliphatic heterocycles. The first kappa shape index (κ1) is 25.4. The SMILES string of the molecule is CC1(C)c2ccccc2-c2cc(-c3ccc(-c4nc(-c5ccccc5)cc(-c5ccccc5)n4)c4ccccc34)ccc21. The van der Waals surface area contributed by atoms with Crippen LogP contribution in [0.2, 0.25) is 0 Å². The molecule has 1 aliphatic carbocycles. The van der Waals surface area contributed by atoms with Gasteiger partial charge >= 0.3 is 0 Å². The monoisotopic (exact) mass is 550 g/mol. The lowest BCUT2D eigenvalue weighted by atomic mass is 9.82. The van der Waals surface area contributed by atoms with Gasteiger partial charge in [0.25, 0.3) is 0 Å². The Bertz CT molecular complexity index is 2090. The summed E-state index contributed by atoms with van der Waals surface area (Å²) in [4.78, 5) is 10.3. The first-order valence-corrected chi connectivity index (χ1v) is 14.8. The summed E-state index contributed by atoms with van der Waals surface area (Å²) >= 11 is 0. The summed E-state index contributed by atoms with van der Waals surface area (Å²) in [6.07, 6.45) is 0. The van der Waals surface area contributed by atoms with Crippen LogP contribution in [-0.2, 0) is 5.41 Å². The third-order valence-electron chi connectivity index (χ3n) is 8.92. The van der Waals surface area contributed by atoms with Crippen LogP contribution in [0, 0.1) is 0 Å². The van der Waals surface area contributed by atoms with E-state index in [2.05, 4.69) is 147 Å². The standard InChI is InChI=1S/C41H30N2/c1-41(2)36-20-12-11-19-33(36)35-25-29(21-24-37(35)41)30-22-23-34(32-18-10-9-17-31(30)32)40-42-38(27-13-5-3-6-14-27)26-39(43-40)28-15-7-4-8-16-28/h3-26H,1-2H3. The first-order chi connectivity index (χ1) is 21.1. The minimum atomic E-state index is -0.00600. The molecule has 0 spiro atoms. The van der Waals surface area contributed by atoms with Crippen LogP contribution in [0.3, 0.4) is 0 Å². The second-order valence-corrected chi connectivity index (χ2v) is 11.8. The van der Waals surface area contributed by atoms with E-state index in [1.54, 1.807) is 0 Å². The largest absolute Gasteiger partial charge is 0.228 e. The summed E-state index contributed by atoms with van der Waals surface area (Å²) in [7, 11) is 0. The van der Waals surface area contributed by atoms with Gasteiger partial charge < -0.3 is 0 Å². The van der Waals surface area contributed by atoms with Crippen molar-refractivity contribution in [1.82, 2.24) is 9.97 Å². The first-order valence-electron chi connectivity index (χ1n) is 14.8. The Morgan fingerprint density at radius 2 is 0.930 bits per heavy atom. The molecule has 204 valence electrons. The minimum Gasteiger partial charge on any atom is -0.228 e. The molecule has 8 rings (SSSR count). The van der Waals surface area contributed by atoms with Gasteiger partial charge in [-0.3, -0.25) is 0 Å². The smallest absolute Gasteiger partial charge is 0.161 e. The van der Waals surface area contributed by atoms with Gasteiger partial charge in [0.2, 0.25) is 0 Å². The molecular weight excluding hydrogens is 520 g/mol. The van der Waals surface area contributed by atoms with Crippen LogP contribution in [0.5, 0.6) is 0 Å². The maximum absolute atomic E-state index is 5.13. The summed E-state index contributed by atoms with van der Waals surface area (Å²) in [5.41, 5.74) is 12.9. The topological polar surface area (TPSA) is 25.8 Å². The number of hydrogen-bond donors (Lipinski definition) is 0. The van der Waals surface area contributed by atoms with E-state index < -0.39 is 0 Å². The van der Waals surface area contributed by atoms with Crippen molar-refractivity contribution in [2.75, 3.05) is 0 Å². The van der Waals surface area contributed by atoms with Crippen molar-refractivity contribution >= 4 is 10.8 Å². The molecule has 6 aromatic carbocycles. The van der Waals surface area contributed by atoms with Crippen LogP contribution in [0.25, 0.3) is 66.9 Å². The highest BCUT2D eigenvalue weighted by Crippen LogP contribution is 2.50. The number of hydrogen-bond acceptors (Lipinski definition) is 2. The summed E-state index contributed by atoms with van der Waals surface area (Å²) < 4.78 is 0. The van der Waals surface area contributed by atoms with Gasteiger partial charge in [0.15, 0.2) is 5.82 Å². The van der Waals surface area contributed by atoms with Crippen molar-refractivity contribution in [3.8, 4) is 56.2 Å². The van der Waals surface area contributed by atoms with Gasteiger partial charge in [-0.25, -0.2) is 9.97 Å². The molecular formula is C41H30N2. The molecule has 1 aromatic heterocycles. The lowest BCUT2D eigenvalue weighted by molar-refractivity contribution is 0.660. The van der Waals surface area contributed by atoms with Gasteiger partial charge in [-0.15, -0.1) is 0 Å². The van der Waals surface area contributed by atoms with Crippen molar-refractivity contribution in [1.29, 1.82) is 0 Å². The Balaban J connectivity index is 1.31. The number of rotatable bonds is 4. The molecule has 0 radical (unpaired) electrons. The quantitative estimate of drug-likeness (QED) is 0.218. The molecule has 1 heterocycles. The fraction of sp³-hybridized carbons (Fsp3) is 0.0732. The summed E-state index contributed by atoms with van der Waals surface area (Å²) in [6.45, 7) is 4.66. The fourth-order valence-corrected chi connectivity index (χ4v) is 6.71. The molecule has 0 fully saturated rings. The lowest BCUT2D eigenvalue weighted by Crippen LogP contribution is -2.14. The summed E-state index contributed by atoms with van der Waals surface area (Å²) in [6, 6.07) is 51.7. The van der Waals surface area contributed by atoms with Crippen LogP contribution in [0.1, 0.15) is 25.0 Å². The molecule has 0 saturated heterocycles. The third-order valence-corrected chi connectivity index (χ3v) is 8.92. The Morgan fingerprint density at radius 3 is 1.60 bits per heavy atom. The van der Waals surface area contributed by atoms with Crippen LogP contribution >= 0.6 is 0 Å². The molecule has 1 aliphatic rings. The lowest BCUT2D eigenvalue weighted by Gasteiger charge is -2.21. The zero-order chi connectivity index (χ0) is 29.0. The number of aromatic nitrogens is 2. The van der Waals surface area contributed by atoms with Crippen LogP contribution in [-0.4, -0.2) is 9.97 Å². The van der Waals surface area contributed by atoms with E-state index in [0.717, 1.165) is 39.3 Å². The Morgan fingerprint density at radius 1 is 0.395 bits per heavy atom. The molecule has 0 atom stereocenters. The van der Waals surface area contributed by atoms with E-state index >= 15 is 0 Å². The maximum atomic E-state index is 5.13. The molecule has 0 unspecified atom stereocenters. The average Bonchev–Trinajstić information content (AvgIpc) is 3.30. The van der Waals surface area contributed by atoms with Crippen molar-refractivity contribution in [3.63, 3.8) is 0 Å². The molecule has 0 amide bonds. The molecule has 0 N–H and O–H groups in total. The average molecular weight is 551 g/mol. The van der Waals surface area contributed by atoms with Gasteiger partial charge in [-0.2, -0.15) is 0 Å². The minimum absolute atomic E-state index is 0.00600. The number of benzene rings is 6. The highest BCUT2D eigenvalue weighted by Gasteiger charge is 2.35. The molecule has 0 bridgehead atoms. The Labute approximate surface area is 252 Å². The van der Waals surface area contributed by atoms with Gasteiger partial charge in [0.1, 0.15) is 0 Å². The molecule has 2 nitrogen and oxygen atoms in total. The van der Waals surface area contributed by atoms with Gasteiger partial charge in [-0.1, -0.05) is 141 Å². The van der Waals surface area contributed by atoms with Crippen LogP contribution in [0.4, 0.5) is 0 Å². The van der Waals surface area contributed by atoms with Crippen LogP contribution in [0.15, 0.2) is 146 Å². The van der Waals surface area contributed by atoms with Crippen molar-refractivity contribution < 1.29 is 0 Å². The van der Waals surface area contributed by atoms with Crippen LogP contribution < -0.4 is 0 Å². The van der Waals surface area contributed by atoms with Crippen molar-refractivity contribution in [3.05, 3.63) is 157 Å². The van der Waals surface area contributed by atoms with Crippen molar-refractivity contribution in [2.24, 2.45) is 0 Å². The maximum Gasteiger partial charge on any atom is 0.161 e. The summed E-state index contributed by atoms with van der Waals surface area (Å²) in [5.74, 6) is 0.729. The molecule has 0 saturated carbocycles. The number of fused-ring (bicyclic) bond motifs is 4.